The second kappa shape index (κ2) is 9.67. The average Bonchev–Trinajstić information content (AvgIpc) is 2.93. The number of thioether (sulfide) groups is 1. The molecule has 2 aromatic carbocycles. The van der Waals surface area contributed by atoms with Crippen LogP contribution in [0.3, 0.4) is 0 Å². The molecule has 28 heavy (non-hydrogen) atoms. The molecular weight excluding hydrogens is 503 g/mol. The third-order valence-corrected chi connectivity index (χ3v) is 6.26. The molecule has 0 spiro atoms. The van der Waals surface area contributed by atoms with Crippen molar-refractivity contribution in [3.63, 3.8) is 0 Å². The molecule has 0 saturated carbocycles. The van der Waals surface area contributed by atoms with E-state index in [1.165, 1.54) is 17.3 Å². The Morgan fingerprint density at radius 2 is 1.86 bits per heavy atom. The van der Waals surface area contributed by atoms with Crippen LogP contribution in [-0.2, 0) is 9.59 Å². The molecule has 7 heteroatoms. The van der Waals surface area contributed by atoms with E-state index in [-0.39, 0.29) is 11.8 Å². The highest BCUT2D eigenvalue weighted by atomic mass is 127. The molecule has 0 radical (unpaired) electrons. The molecule has 0 aliphatic carbocycles. The van der Waals surface area contributed by atoms with E-state index < -0.39 is 0 Å². The first-order valence-corrected chi connectivity index (χ1v) is 11.1. The van der Waals surface area contributed by atoms with Crippen molar-refractivity contribution in [1.82, 2.24) is 4.90 Å². The molecule has 2 amide bonds. The lowest BCUT2D eigenvalue weighted by atomic mass is 10.1. The van der Waals surface area contributed by atoms with Gasteiger partial charge in [0.25, 0.3) is 5.91 Å². The molecule has 1 heterocycles. The Hall–Kier alpha value is -1.71. The Kier molecular flexibility index (Phi) is 7.25. The summed E-state index contributed by atoms with van der Waals surface area (Å²) in [5.74, 6) is -0.157. The summed E-state index contributed by atoms with van der Waals surface area (Å²) in [4.78, 5) is 26.9. The van der Waals surface area contributed by atoms with Crippen LogP contribution < -0.4 is 5.32 Å². The number of amides is 2. The van der Waals surface area contributed by atoms with Gasteiger partial charge in [0, 0.05) is 22.2 Å². The smallest absolute Gasteiger partial charge is 0.266 e. The minimum Gasteiger partial charge on any atom is -0.326 e. The number of benzene rings is 2. The van der Waals surface area contributed by atoms with Crippen LogP contribution in [0, 0.1) is 10.5 Å². The molecule has 1 N–H and O–H groups in total. The highest BCUT2D eigenvalue weighted by Crippen LogP contribution is 2.32. The number of thiocarbonyl (C=S) groups is 1. The number of hydrogen-bond donors (Lipinski definition) is 1. The highest BCUT2D eigenvalue weighted by Gasteiger charge is 2.31. The Morgan fingerprint density at radius 3 is 2.54 bits per heavy atom. The van der Waals surface area contributed by atoms with Gasteiger partial charge >= 0.3 is 0 Å². The number of aryl methyl sites for hydroxylation is 1. The molecule has 3 rings (SSSR count). The van der Waals surface area contributed by atoms with E-state index in [2.05, 4.69) is 27.9 Å². The molecule has 1 saturated heterocycles. The summed E-state index contributed by atoms with van der Waals surface area (Å²) in [5.41, 5.74) is 2.92. The van der Waals surface area contributed by atoms with Gasteiger partial charge in [-0.1, -0.05) is 53.8 Å². The number of nitrogens with zero attached hydrogens (tertiary/aromatic N) is 1. The average molecular weight is 522 g/mol. The van der Waals surface area contributed by atoms with Gasteiger partial charge in [0.2, 0.25) is 5.91 Å². The van der Waals surface area contributed by atoms with Crippen molar-refractivity contribution in [3.05, 3.63) is 68.1 Å². The van der Waals surface area contributed by atoms with E-state index in [9.17, 15) is 9.59 Å². The quantitative estimate of drug-likeness (QED) is 0.321. The minimum atomic E-state index is -0.0892. The normalized spacial score (nSPS) is 15.4. The fraction of sp³-hybridized carbons (Fsp3) is 0.190. The maximum atomic E-state index is 12.6. The predicted octanol–water partition coefficient (Wildman–Crippen LogP) is 5.22. The monoisotopic (exact) mass is 522 g/mol. The zero-order valence-corrected chi connectivity index (χ0v) is 19.1. The van der Waals surface area contributed by atoms with Crippen LogP contribution in [0.25, 0.3) is 6.08 Å². The lowest BCUT2D eigenvalue weighted by Crippen LogP contribution is -2.29. The molecule has 0 aromatic heterocycles. The number of hydrogen-bond acceptors (Lipinski definition) is 4. The van der Waals surface area contributed by atoms with Crippen LogP contribution in [0.4, 0.5) is 5.69 Å². The molecule has 144 valence electrons. The summed E-state index contributed by atoms with van der Waals surface area (Å²) in [6.07, 6.45) is 2.75. The number of carbonyl (C=O) groups excluding carboxylic acids is 2. The number of nitrogens with one attached hydrogen (secondary N) is 1. The molecular formula is C21H19IN2O2S2. The van der Waals surface area contributed by atoms with Crippen LogP contribution in [0.15, 0.2) is 53.4 Å². The Labute approximate surface area is 187 Å². The molecule has 0 atom stereocenters. The van der Waals surface area contributed by atoms with E-state index in [1.54, 1.807) is 4.90 Å². The van der Waals surface area contributed by atoms with Crippen LogP contribution >= 0.6 is 46.6 Å². The fourth-order valence-electron chi connectivity index (χ4n) is 2.66. The van der Waals surface area contributed by atoms with Gasteiger partial charge in [-0.2, -0.15) is 0 Å². The maximum Gasteiger partial charge on any atom is 0.266 e. The van der Waals surface area contributed by atoms with E-state index >= 15 is 0 Å². The summed E-state index contributed by atoms with van der Waals surface area (Å²) < 4.78 is 1.66. The minimum absolute atomic E-state index is 0.0677. The molecule has 0 bridgehead atoms. The van der Waals surface area contributed by atoms with Crippen molar-refractivity contribution < 1.29 is 9.59 Å². The van der Waals surface area contributed by atoms with Gasteiger partial charge in [0.1, 0.15) is 4.32 Å². The predicted molar refractivity (Wildman–Crippen MR) is 128 cm³/mol. The van der Waals surface area contributed by atoms with Gasteiger partial charge in [0.15, 0.2) is 0 Å². The van der Waals surface area contributed by atoms with Gasteiger partial charge in [-0.3, -0.25) is 14.5 Å². The number of halogens is 1. The SMILES string of the molecule is Cc1ccc(C=C2SC(=S)N(CCCC(=O)Nc3ccc(I)cc3)C2=O)cc1. The number of rotatable bonds is 6. The second-order valence-electron chi connectivity index (χ2n) is 6.40. The van der Waals surface area contributed by atoms with Crippen LogP contribution in [0.5, 0.6) is 0 Å². The van der Waals surface area contributed by atoms with Crippen molar-refractivity contribution in [2.45, 2.75) is 19.8 Å². The third kappa shape index (κ3) is 5.65. The first-order valence-electron chi connectivity index (χ1n) is 8.80. The van der Waals surface area contributed by atoms with Gasteiger partial charge in [-0.25, -0.2) is 0 Å². The van der Waals surface area contributed by atoms with Crippen molar-refractivity contribution >= 4 is 74.5 Å². The van der Waals surface area contributed by atoms with E-state index in [0.29, 0.717) is 28.6 Å². The Balaban J connectivity index is 1.52. The molecule has 4 nitrogen and oxygen atoms in total. The molecule has 1 aliphatic heterocycles. The summed E-state index contributed by atoms with van der Waals surface area (Å²) in [6, 6.07) is 15.6. The van der Waals surface area contributed by atoms with Crippen molar-refractivity contribution in [1.29, 1.82) is 0 Å². The van der Waals surface area contributed by atoms with Crippen LogP contribution in [-0.4, -0.2) is 27.6 Å². The van der Waals surface area contributed by atoms with Gasteiger partial charge < -0.3 is 5.32 Å². The molecule has 0 unspecified atom stereocenters. The zero-order chi connectivity index (χ0) is 20.1. The molecule has 1 fully saturated rings. The van der Waals surface area contributed by atoms with Crippen molar-refractivity contribution in [3.8, 4) is 0 Å². The summed E-state index contributed by atoms with van der Waals surface area (Å²) in [7, 11) is 0. The number of carbonyl (C=O) groups is 2. The lowest BCUT2D eigenvalue weighted by Gasteiger charge is -2.14. The zero-order valence-electron chi connectivity index (χ0n) is 15.3. The molecule has 1 aliphatic rings. The molecule has 2 aromatic rings. The van der Waals surface area contributed by atoms with Gasteiger partial charge in [-0.05, 0) is 71.8 Å². The van der Waals surface area contributed by atoms with Gasteiger partial charge in [-0.15, -0.1) is 0 Å². The second-order valence-corrected chi connectivity index (χ2v) is 9.32. The third-order valence-electron chi connectivity index (χ3n) is 4.16. The van der Waals surface area contributed by atoms with Gasteiger partial charge in [0.05, 0.1) is 4.91 Å². The highest BCUT2D eigenvalue weighted by molar-refractivity contribution is 14.1. The number of anilines is 1. The van der Waals surface area contributed by atoms with Crippen LogP contribution in [0.1, 0.15) is 24.0 Å². The Bertz CT molecular complexity index is 924. The standard InChI is InChI=1S/C21H19IN2O2S2/c1-14-4-6-15(7-5-14)13-18-20(26)24(21(27)28-18)12-2-3-19(25)23-17-10-8-16(22)9-11-17/h4-11,13H,2-3,12H2,1H3,(H,23,25). The lowest BCUT2D eigenvalue weighted by molar-refractivity contribution is -0.122. The summed E-state index contributed by atoms with van der Waals surface area (Å²) in [5, 5.41) is 2.87. The van der Waals surface area contributed by atoms with Crippen LogP contribution in [0.2, 0.25) is 0 Å². The first kappa shape index (κ1) is 21.0. The summed E-state index contributed by atoms with van der Waals surface area (Å²) >= 11 is 8.88. The summed E-state index contributed by atoms with van der Waals surface area (Å²) in [6.45, 7) is 2.47. The van der Waals surface area contributed by atoms with E-state index in [1.807, 2.05) is 61.5 Å². The van der Waals surface area contributed by atoms with E-state index in [0.717, 1.165) is 14.8 Å². The maximum absolute atomic E-state index is 12.6. The fourth-order valence-corrected chi connectivity index (χ4v) is 4.33. The van der Waals surface area contributed by atoms with Crippen molar-refractivity contribution in [2.75, 3.05) is 11.9 Å². The van der Waals surface area contributed by atoms with Crippen molar-refractivity contribution in [2.24, 2.45) is 0 Å². The largest absolute Gasteiger partial charge is 0.326 e. The Morgan fingerprint density at radius 1 is 1.18 bits per heavy atom. The topological polar surface area (TPSA) is 49.4 Å². The first-order chi connectivity index (χ1) is 13.4. The van der Waals surface area contributed by atoms with E-state index in [4.69, 9.17) is 12.2 Å².